The van der Waals surface area contributed by atoms with Crippen LogP contribution in [0, 0.1) is 0 Å². The van der Waals surface area contributed by atoms with Crippen molar-refractivity contribution in [3.8, 4) is 0 Å². The predicted octanol–water partition coefficient (Wildman–Crippen LogP) is 3.46. The van der Waals surface area contributed by atoms with Gasteiger partial charge in [0.05, 0.1) is 12.5 Å². The number of methoxy groups -OCH3 is 1. The number of allylic oxidation sites excluding steroid dienone is 1. The van der Waals surface area contributed by atoms with Gasteiger partial charge in [-0.15, -0.1) is 6.58 Å². The summed E-state index contributed by atoms with van der Waals surface area (Å²) in [5, 5.41) is 0.741. The SMILES string of the molecule is C=CCC(CCBr)(C(=O)OC)c1ccccc1. The molecule has 1 rings (SSSR count). The van der Waals surface area contributed by atoms with Gasteiger partial charge in [-0.3, -0.25) is 4.79 Å². The number of alkyl halides is 1. The zero-order valence-corrected chi connectivity index (χ0v) is 11.6. The van der Waals surface area contributed by atoms with Crippen LogP contribution in [0.2, 0.25) is 0 Å². The normalized spacial score (nSPS) is 13.8. The highest BCUT2D eigenvalue weighted by atomic mass is 79.9. The van der Waals surface area contributed by atoms with Crippen molar-refractivity contribution in [1.29, 1.82) is 0 Å². The number of halogens is 1. The van der Waals surface area contributed by atoms with Crippen LogP contribution in [0.4, 0.5) is 0 Å². The van der Waals surface area contributed by atoms with Gasteiger partial charge in [0.25, 0.3) is 0 Å². The summed E-state index contributed by atoms with van der Waals surface area (Å²) in [5.41, 5.74) is 0.354. The monoisotopic (exact) mass is 296 g/mol. The van der Waals surface area contributed by atoms with E-state index >= 15 is 0 Å². The average molecular weight is 297 g/mol. The van der Waals surface area contributed by atoms with Crippen molar-refractivity contribution in [1.82, 2.24) is 0 Å². The van der Waals surface area contributed by atoms with Crippen LogP contribution in [0.1, 0.15) is 18.4 Å². The van der Waals surface area contributed by atoms with Crippen molar-refractivity contribution in [3.05, 3.63) is 48.6 Å². The minimum absolute atomic E-state index is 0.206. The number of esters is 1. The maximum atomic E-state index is 12.1. The van der Waals surface area contributed by atoms with Gasteiger partial charge in [0.15, 0.2) is 0 Å². The van der Waals surface area contributed by atoms with Gasteiger partial charge in [-0.1, -0.05) is 52.3 Å². The topological polar surface area (TPSA) is 26.3 Å². The minimum atomic E-state index is -0.624. The Balaban J connectivity index is 3.23. The third kappa shape index (κ3) is 2.97. The van der Waals surface area contributed by atoms with Crippen LogP contribution in [0.15, 0.2) is 43.0 Å². The van der Waals surface area contributed by atoms with Crippen molar-refractivity contribution in [2.45, 2.75) is 18.3 Å². The molecule has 0 saturated carbocycles. The van der Waals surface area contributed by atoms with Gasteiger partial charge in [-0.05, 0) is 18.4 Å². The van der Waals surface area contributed by atoms with Crippen molar-refractivity contribution < 1.29 is 9.53 Å². The van der Waals surface area contributed by atoms with E-state index < -0.39 is 5.41 Å². The van der Waals surface area contributed by atoms with Crippen LogP contribution >= 0.6 is 15.9 Å². The first-order valence-electron chi connectivity index (χ1n) is 5.52. The van der Waals surface area contributed by atoms with E-state index in [0.717, 1.165) is 10.9 Å². The lowest BCUT2D eigenvalue weighted by molar-refractivity contribution is -0.147. The maximum absolute atomic E-state index is 12.1. The third-order valence-corrected chi connectivity index (χ3v) is 3.31. The van der Waals surface area contributed by atoms with E-state index in [0.29, 0.717) is 12.8 Å². The molecule has 0 heterocycles. The Labute approximate surface area is 111 Å². The summed E-state index contributed by atoms with van der Waals surface area (Å²) < 4.78 is 4.97. The fourth-order valence-electron chi connectivity index (χ4n) is 2.03. The Morgan fingerprint density at radius 2 is 2.12 bits per heavy atom. The van der Waals surface area contributed by atoms with E-state index in [-0.39, 0.29) is 5.97 Å². The maximum Gasteiger partial charge on any atom is 0.316 e. The van der Waals surface area contributed by atoms with Crippen molar-refractivity contribution in [2.24, 2.45) is 0 Å². The second kappa shape index (κ2) is 6.60. The highest BCUT2D eigenvalue weighted by Gasteiger charge is 2.39. The molecule has 2 nitrogen and oxygen atoms in total. The molecule has 0 aliphatic heterocycles. The number of hydrogen-bond acceptors (Lipinski definition) is 2. The number of ether oxygens (including phenoxy) is 1. The molecule has 1 aromatic carbocycles. The zero-order valence-electron chi connectivity index (χ0n) is 9.99. The summed E-state index contributed by atoms with van der Waals surface area (Å²) in [7, 11) is 1.43. The molecule has 17 heavy (non-hydrogen) atoms. The predicted molar refractivity (Wildman–Crippen MR) is 73.4 cm³/mol. The summed E-state index contributed by atoms with van der Waals surface area (Å²) in [5.74, 6) is -0.206. The van der Waals surface area contributed by atoms with Gasteiger partial charge < -0.3 is 4.74 Å². The average Bonchev–Trinajstić information content (AvgIpc) is 2.38. The molecule has 0 aromatic heterocycles. The van der Waals surface area contributed by atoms with Gasteiger partial charge >= 0.3 is 5.97 Å². The quantitative estimate of drug-likeness (QED) is 0.456. The molecule has 92 valence electrons. The second-order valence-electron chi connectivity index (χ2n) is 3.87. The molecule has 0 aliphatic carbocycles. The van der Waals surface area contributed by atoms with E-state index in [9.17, 15) is 4.79 Å². The van der Waals surface area contributed by atoms with E-state index in [1.54, 1.807) is 6.08 Å². The summed E-state index contributed by atoms with van der Waals surface area (Å²) in [6, 6.07) is 9.73. The van der Waals surface area contributed by atoms with Crippen molar-refractivity contribution >= 4 is 21.9 Å². The summed E-state index contributed by atoms with van der Waals surface area (Å²) in [6.07, 6.45) is 3.04. The number of benzene rings is 1. The lowest BCUT2D eigenvalue weighted by atomic mass is 9.75. The molecule has 0 spiro atoms. The second-order valence-corrected chi connectivity index (χ2v) is 4.66. The van der Waals surface area contributed by atoms with Gasteiger partial charge in [0, 0.05) is 5.33 Å². The first-order valence-corrected chi connectivity index (χ1v) is 6.64. The van der Waals surface area contributed by atoms with Crippen LogP contribution in [0.25, 0.3) is 0 Å². The third-order valence-electron chi connectivity index (χ3n) is 2.92. The standard InChI is InChI=1S/C14H17BrO2/c1-3-9-14(10-11-15,13(16)17-2)12-7-5-4-6-8-12/h3-8H,1,9-11H2,2H3. The van der Waals surface area contributed by atoms with Crippen LogP contribution in [-0.2, 0) is 14.9 Å². The molecule has 1 aromatic rings. The lowest BCUT2D eigenvalue weighted by Crippen LogP contribution is -2.37. The number of rotatable bonds is 6. The number of hydrogen-bond donors (Lipinski definition) is 0. The molecule has 1 atom stereocenters. The van der Waals surface area contributed by atoms with E-state index in [2.05, 4.69) is 22.5 Å². The zero-order chi connectivity index (χ0) is 12.7. The van der Waals surface area contributed by atoms with Gasteiger partial charge in [0.1, 0.15) is 0 Å². The van der Waals surface area contributed by atoms with E-state index in [1.165, 1.54) is 7.11 Å². The lowest BCUT2D eigenvalue weighted by Gasteiger charge is -2.30. The number of carbonyl (C=O) groups is 1. The summed E-state index contributed by atoms with van der Waals surface area (Å²) in [4.78, 5) is 12.1. The fraction of sp³-hybridized carbons (Fsp3) is 0.357. The van der Waals surface area contributed by atoms with E-state index in [4.69, 9.17) is 4.74 Å². The van der Waals surface area contributed by atoms with Gasteiger partial charge in [-0.25, -0.2) is 0 Å². The first-order chi connectivity index (χ1) is 8.21. The molecule has 0 fully saturated rings. The highest BCUT2D eigenvalue weighted by molar-refractivity contribution is 9.09. The molecule has 0 amide bonds. The Kier molecular flexibility index (Phi) is 5.42. The summed E-state index contributed by atoms with van der Waals surface area (Å²) in [6.45, 7) is 3.75. The molecule has 3 heteroatoms. The van der Waals surface area contributed by atoms with Crippen molar-refractivity contribution in [2.75, 3.05) is 12.4 Å². The number of carbonyl (C=O) groups excluding carboxylic acids is 1. The van der Waals surface area contributed by atoms with Crippen LogP contribution in [0.5, 0.6) is 0 Å². The summed E-state index contributed by atoms with van der Waals surface area (Å²) >= 11 is 3.41. The molecule has 0 saturated heterocycles. The van der Waals surface area contributed by atoms with E-state index in [1.807, 2.05) is 30.3 Å². The Bertz CT molecular complexity index is 375. The first kappa shape index (κ1) is 14.0. The minimum Gasteiger partial charge on any atom is -0.468 e. The molecule has 0 bridgehead atoms. The van der Waals surface area contributed by atoms with Gasteiger partial charge in [-0.2, -0.15) is 0 Å². The molecule has 0 aliphatic rings. The molecular formula is C14H17BrO2. The molecule has 0 radical (unpaired) electrons. The fourth-order valence-corrected chi connectivity index (χ4v) is 2.70. The smallest absolute Gasteiger partial charge is 0.316 e. The Morgan fingerprint density at radius 3 is 2.59 bits per heavy atom. The Hall–Kier alpha value is -1.09. The Morgan fingerprint density at radius 1 is 1.47 bits per heavy atom. The van der Waals surface area contributed by atoms with Gasteiger partial charge in [0.2, 0.25) is 0 Å². The largest absolute Gasteiger partial charge is 0.468 e. The molecule has 0 N–H and O–H groups in total. The molecular weight excluding hydrogens is 280 g/mol. The van der Waals surface area contributed by atoms with Crippen LogP contribution < -0.4 is 0 Å². The van der Waals surface area contributed by atoms with Crippen LogP contribution in [0.3, 0.4) is 0 Å². The van der Waals surface area contributed by atoms with Crippen molar-refractivity contribution in [3.63, 3.8) is 0 Å². The molecule has 1 unspecified atom stereocenters. The highest BCUT2D eigenvalue weighted by Crippen LogP contribution is 2.34. The van der Waals surface area contributed by atoms with Crippen LogP contribution in [-0.4, -0.2) is 18.4 Å².